The number of nitrogens with zero attached hydrogens (tertiary/aromatic N) is 1. The molecule has 0 aromatic heterocycles. The van der Waals surface area contributed by atoms with Crippen LogP contribution in [-0.2, 0) is 11.3 Å². The Balaban J connectivity index is 1.96. The van der Waals surface area contributed by atoms with Gasteiger partial charge < -0.3 is 10.5 Å². The van der Waals surface area contributed by atoms with Gasteiger partial charge in [0.15, 0.2) is 0 Å². The normalized spacial score (nSPS) is 17.1. The SMILES string of the molecule is COCCN(Cc1ccc(N)cc1)C(C)C1CC1. The smallest absolute Gasteiger partial charge is 0.0589 e. The van der Waals surface area contributed by atoms with Gasteiger partial charge in [0.1, 0.15) is 0 Å². The lowest BCUT2D eigenvalue weighted by molar-refractivity contribution is 0.111. The minimum absolute atomic E-state index is 0.651. The summed E-state index contributed by atoms with van der Waals surface area (Å²) in [5.41, 5.74) is 7.88. The van der Waals surface area contributed by atoms with E-state index in [4.69, 9.17) is 10.5 Å². The zero-order valence-electron chi connectivity index (χ0n) is 11.4. The number of benzene rings is 1. The third-order valence-corrected chi connectivity index (χ3v) is 3.83. The summed E-state index contributed by atoms with van der Waals surface area (Å²) in [6, 6.07) is 8.85. The van der Waals surface area contributed by atoms with Gasteiger partial charge in [-0.1, -0.05) is 12.1 Å². The maximum atomic E-state index is 5.72. The molecule has 1 aromatic rings. The van der Waals surface area contributed by atoms with Crippen LogP contribution in [0.1, 0.15) is 25.3 Å². The summed E-state index contributed by atoms with van der Waals surface area (Å²) < 4.78 is 5.22. The maximum absolute atomic E-state index is 5.72. The van der Waals surface area contributed by atoms with Crippen molar-refractivity contribution in [3.8, 4) is 0 Å². The van der Waals surface area contributed by atoms with E-state index in [9.17, 15) is 0 Å². The van der Waals surface area contributed by atoms with Gasteiger partial charge in [-0.05, 0) is 43.4 Å². The number of ether oxygens (including phenoxy) is 1. The maximum Gasteiger partial charge on any atom is 0.0589 e. The van der Waals surface area contributed by atoms with Gasteiger partial charge in [0.05, 0.1) is 6.61 Å². The topological polar surface area (TPSA) is 38.5 Å². The molecule has 2 N–H and O–H groups in total. The number of anilines is 1. The highest BCUT2D eigenvalue weighted by molar-refractivity contribution is 5.39. The predicted molar refractivity (Wildman–Crippen MR) is 75.3 cm³/mol. The molecule has 3 nitrogen and oxygen atoms in total. The van der Waals surface area contributed by atoms with Gasteiger partial charge in [-0.15, -0.1) is 0 Å². The number of nitrogen functional groups attached to an aromatic ring is 1. The van der Waals surface area contributed by atoms with Gasteiger partial charge >= 0.3 is 0 Å². The fourth-order valence-corrected chi connectivity index (χ4v) is 2.37. The van der Waals surface area contributed by atoms with E-state index < -0.39 is 0 Å². The highest BCUT2D eigenvalue weighted by Crippen LogP contribution is 2.35. The Kier molecular flexibility index (Phi) is 4.61. The average molecular weight is 248 g/mol. The molecule has 1 aliphatic rings. The first-order chi connectivity index (χ1) is 8.70. The van der Waals surface area contributed by atoms with Crippen LogP contribution >= 0.6 is 0 Å². The van der Waals surface area contributed by atoms with E-state index in [1.54, 1.807) is 7.11 Å². The monoisotopic (exact) mass is 248 g/mol. The molecular weight excluding hydrogens is 224 g/mol. The van der Waals surface area contributed by atoms with Crippen LogP contribution in [0, 0.1) is 5.92 Å². The van der Waals surface area contributed by atoms with Crippen LogP contribution in [0.25, 0.3) is 0 Å². The van der Waals surface area contributed by atoms with Crippen molar-refractivity contribution in [3.05, 3.63) is 29.8 Å². The molecule has 0 bridgehead atoms. The predicted octanol–water partition coefficient (Wildman–Crippen LogP) is 2.52. The van der Waals surface area contributed by atoms with Crippen LogP contribution in [-0.4, -0.2) is 31.2 Å². The first-order valence-electron chi connectivity index (χ1n) is 6.78. The Morgan fingerprint density at radius 1 is 1.33 bits per heavy atom. The summed E-state index contributed by atoms with van der Waals surface area (Å²) in [5.74, 6) is 0.885. The molecule has 0 heterocycles. The number of nitrogens with two attached hydrogens (primary N) is 1. The molecular formula is C15H24N2O. The molecule has 0 aliphatic heterocycles. The van der Waals surface area contributed by atoms with Crippen LogP contribution in [0.5, 0.6) is 0 Å². The molecule has 100 valence electrons. The largest absolute Gasteiger partial charge is 0.399 e. The van der Waals surface area contributed by atoms with Crippen LogP contribution < -0.4 is 5.73 Å². The van der Waals surface area contributed by atoms with Crippen molar-refractivity contribution in [2.75, 3.05) is 26.0 Å². The van der Waals surface area contributed by atoms with Crippen molar-refractivity contribution in [1.29, 1.82) is 0 Å². The molecule has 1 aliphatic carbocycles. The molecule has 0 spiro atoms. The van der Waals surface area contributed by atoms with Crippen molar-refractivity contribution in [2.45, 2.75) is 32.4 Å². The number of hydrogen-bond acceptors (Lipinski definition) is 3. The molecule has 1 saturated carbocycles. The van der Waals surface area contributed by atoms with Crippen LogP contribution in [0.2, 0.25) is 0 Å². The summed E-state index contributed by atoms with van der Waals surface area (Å²) >= 11 is 0. The second-order valence-corrected chi connectivity index (χ2v) is 5.28. The zero-order valence-corrected chi connectivity index (χ0v) is 11.4. The van der Waals surface area contributed by atoms with Crippen molar-refractivity contribution in [1.82, 2.24) is 4.90 Å². The van der Waals surface area contributed by atoms with Crippen molar-refractivity contribution >= 4 is 5.69 Å². The van der Waals surface area contributed by atoms with E-state index in [-0.39, 0.29) is 0 Å². The zero-order chi connectivity index (χ0) is 13.0. The summed E-state index contributed by atoms with van der Waals surface area (Å²) in [7, 11) is 1.77. The molecule has 0 saturated heterocycles. The van der Waals surface area contributed by atoms with E-state index in [1.165, 1.54) is 18.4 Å². The van der Waals surface area contributed by atoms with Crippen LogP contribution in [0.3, 0.4) is 0 Å². The van der Waals surface area contributed by atoms with Gasteiger partial charge in [0.2, 0.25) is 0 Å². The Morgan fingerprint density at radius 3 is 2.56 bits per heavy atom. The highest BCUT2D eigenvalue weighted by Gasteiger charge is 2.31. The molecule has 18 heavy (non-hydrogen) atoms. The Bertz CT molecular complexity index is 359. The quantitative estimate of drug-likeness (QED) is 0.754. The van der Waals surface area contributed by atoms with Gasteiger partial charge in [-0.3, -0.25) is 4.90 Å². The molecule has 1 atom stereocenters. The number of methoxy groups -OCH3 is 1. The minimum atomic E-state index is 0.651. The molecule has 1 fully saturated rings. The Hall–Kier alpha value is -1.06. The van der Waals surface area contributed by atoms with E-state index in [2.05, 4.69) is 24.0 Å². The first kappa shape index (κ1) is 13.4. The molecule has 1 aromatic carbocycles. The second kappa shape index (κ2) is 6.21. The minimum Gasteiger partial charge on any atom is -0.399 e. The third-order valence-electron chi connectivity index (χ3n) is 3.83. The van der Waals surface area contributed by atoms with Gasteiger partial charge in [0, 0.05) is 31.9 Å². The van der Waals surface area contributed by atoms with Crippen LogP contribution in [0.4, 0.5) is 5.69 Å². The lowest BCUT2D eigenvalue weighted by Crippen LogP contribution is -2.36. The summed E-state index contributed by atoms with van der Waals surface area (Å²) in [6.45, 7) is 5.12. The first-order valence-corrected chi connectivity index (χ1v) is 6.78. The second-order valence-electron chi connectivity index (χ2n) is 5.28. The standard InChI is InChI=1S/C15H24N2O/c1-12(14-5-6-14)17(9-10-18-2)11-13-3-7-15(16)8-4-13/h3-4,7-8,12,14H,5-6,9-11,16H2,1-2H3. The lowest BCUT2D eigenvalue weighted by atomic mass is 10.1. The van der Waals surface area contributed by atoms with E-state index in [0.29, 0.717) is 6.04 Å². The average Bonchev–Trinajstić information content (AvgIpc) is 3.20. The Morgan fingerprint density at radius 2 is 2.00 bits per heavy atom. The summed E-state index contributed by atoms with van der Waals surface area (Å²) in [4.78, 5) is 2.52. The number of hydrogen-bond donors (Lipinski definition) is 1. The van der Waals surface area contributed by atoms with E-state index >= 15 is 0 Å². The van der Waals surface area contributed by atoms with Crippen molar-refractivity contribution < 1.29 is 4.74 Å². The summed E-state index contributed by atoms with van der Waals surface area (Å²) in [5, 5.41) is 0. The fraction of sp³-hybridized carbons (Fsp3) is 0.600. The highest BCUT2D eigenvalue weighted by atomic mass is 16.5. The molecule has 3 heteroatoms. The van der Waals surface area contributed by atoms with Crippen molar-refractivity contribution in [3.63, 3.8) is 0 Å². The molecule has 2 rings (SSSR count). The lowest BCUT2D eigenvalue weighted by Gasteiger charge is -2.29. The van der Waals surface area contributed by atoms with Gasteiger partial charge in [0.25, 0.3) is 0 Å². The van der Waals surface area contributed by atoms with E-state index in [0.717, 1.165) is 31.3 Å². The third kappa shape index (κ3) is 3.72. The van der Waals surface area contributed by atoms with Crippen molar-refractivity contribution in [2.24, 2.45) is 5.92 Å². The molecule has 0 amide bonds. The molecule has 0 radical (unpaired) electrons. The molecule has 1 unspecified atom stereocenters. The van der Waals surface area contributed by atoms with Crippen LogP contribution in [0.15, 0.2) is 24.3 Å². The van der Waals surface area contributed by atoms with E-state index in [1.807, 2.05) is 12.1 Å². The van der Waals surface area contributed by atoms with Gasteiger partial charge in [-0.25, -0.2) is 0 Å². The Labute approximate surface area is 110 Å². The summed E-state index contributed by atoms with van der Waals surface area (Å²) in [6.07, 6.45) is 2.76. The van der Waals surface area contributed by atoms with Gasteiger partial charge in [-0.2, -0.15) is 0 Å². The fourth-order valence-electron chi connectivity index (χ4n) is 2.37. The number of rotatable bonds is 7.